The largest absolute Gasteiger partial charge is 0.368 e. The fourth-order valence-electron chi connectivity index (χ4n) is 2.80. The van der Waals surface area contributed by atoms with Gasteiger partial charge in [-0.3, -0.25) is 0 Å². The molecule has 0 atom stereocenters. The Bertz CT molecular complexity index is 1090. The predicted octanol–water partition coefficient (Wildman–Crippen LogP) is 5.28. The maximum absolute atomic E-state index is 14.4. The second-order valence-electron chi connectivity index (χ2n) is 6.07. The number of nitrogens with zero attached hydrogens (tertiary/aromatic N) is 2. The Labute approximate surface area is 160 Å². The first kappa shape index (κ1) is 17.3. The summed E-state index contributed by atoms with van der Waals surface area (Å²) >= 11 is 1.57. The number of halogens is 1. The molecule has 0 aliphatic rings. The molecular weight excluding hydrogens is 359 g/mol. The van der Waals surface area contributed by atoms with Gasteiger partial charge in [0.15, 0.2) is 0 Å². The highest BCUT2D eigenvalue weighted by Gasteiger charge is 2.08. The lowest BCUT2D eigenvalue weighted by Gasteiger charge is -2.10. The van der Waals surface area contributed by atoms with Crippen LogP contribution in [0.25, 0.3) is 22.0 Å². The molecule has 0 saturated carbocycles. The molecule has 0 spiro atoms. The van der Waals surface area contributed by atoms with Crippen LogP contribution in [-0.2, 0) is 5.75 Å². The van der Waals surface area contributed by atoms with Crippen LogP contribution in [-0.4, -0.2) is 9.97 Å². The van der Waals surface area contributed by atoms with Crippen molar-refractivity contribution >= 4 is 34.5 Å². The van der Waals surface area contributed by atoms with Gasteiger partial charge in [0.2, 0.25) is 5.95 Å². The number of rotatable bonds is 5. The second kappa shape index (κ2) is 7.63. The Kier molecular flexibility index (Phi) is 4.89. The number of nitrogen functional groups attached to an aromatic ring is 1. The smallest absolute Gasteiger partial charge is 0.220 e. The van der Waals surface area contributed by atoms with Crippen molar-refractivity contribution in [1.29, 1.82) is 0 Å². The number of benzene rings is 3. The predicted molar refractivity (Wildman–Crippen MR) is 111 cm³/mol. The molecule has 1 aromatic heterocycles. The average Bonchev–Trinajstić information content (AvgIpc) is 2.70. The third-order valence-electron chi connectivity index (χ3n) is 4.15. The first-order valence-corrected chi connectivity index (χ1v) is 9.41. The molecule has 0 amide bonds. The van der Waals surface area contributed by atoms with Gasteiger partial charge in [-0.1, -0.05) is 36.4 Å². The van der Waals surface area contributed by atoms with Crippen LogP contribution >= 0.6 is 11.9 Å². The van der Waals surface area contributed by atoms with Gasteiger partial charge in [0.25, 0.3) is 0 Å². The normalized spacial score (nSPS) is 10.9. The van der Waals surface area contributed by atoms with Crippen molar-refractivity contribution in [2.24, 2.45) is 0 Å². The summed E-state index contributed by atoms with van der Waals surface area (Å²) in [5.74, 6) is 0.773. The molecule has 0 aliphatic carbocycles. The van der Waals surface area contributed by atoms with Crippen molar-refractivity contribution < 1.29 is 4.39 Å². The monoisotopic (exact) mass is 376 g/mol. The van der Waals surface area contributed by atoms with Crippen LogP contribution in [0.4, 0.5) is 16.0 Å². The van der Waals surface area contributed by atoms with Crippen molar-refractivity contribution in [2.45, 2.75) is 5.75 Å². The van der Waals surface area contributed by atoms with E-state index >= 15 is 0 Å². The van der Waals surface area contributed by atoms with E-state index in [1.54, 1.807) is 24.2 Å². The van der Waals surface area contributed by atoms with Gasteiger partial charge in [-0.25, -0.2) is 14.4 Å². The summed E-state index contributed by atoms with van der Waals surface area (Å²) in [4.78, 5) is 8.19. The molecule has 0 aliphatic heterocycles. The molecule has 3 N–H and O–H groups in total. The number of anilines is 2. The Morgan fingerprint density at radius 2 is 1.85 bits per heavy atom. The van der Waals surface area contributed by atoms with Crippen LogP contribution in [0.2, 0.25) is 0 Å². The highest BCUT2D eigenvalue weighted by Crippen LogP contribution is 2.29. The van der Waals surface area contributed by atoms with E-state index in [0.29, 0.717) is 5.56 Å². The lowest BCUT2D eigenvalue weighted by molar-refractivity contribution is 0.631. The quantitative estimate of drug-likeness (QED) is 0.464. The highest BCUT2D eigenvalue weighted by molar-refractivity contribution is 7.99. The van der Waals surface area contributed by atoms with Gasteiger partial charge >= 0.3 is 0 Å². The molecule has 4 aromatic rings. The van der Waals surface area contributed by atoms with Crippen molar-refractivity contribution in [1.82, 2.24) is 9.97 Å². The summed E-state index contributed by atoms with van der Waals surface area (Å²) in [5, 5.41) is 0.818. The number of aromatic nitrogens is 2. The Hall–Kier alpha value is -3.12. The van der Waals surface area contributed by atoms with Crippen molar-refractivity contribution in [2.75, 3.05) is 10.5 Å². The molecule has 4 rings (SSSR count). The summed E-state index contributed by atoms with van der Waals surface area (Å²) in [6, 6.07) is 20.7. The summed E-state index contributed by atoms with van der Waals surface area (Å²) in [6.07, 6.45) is 1.65. The third kappa shape index (κ3) is 4.01. The van der Waals surface area contributed by atoms with Gasteiger partial charge in [0.05, 0.1) is 5.52 Å². The van der Waals surface area contributed by atoms with Gasteiger partial charge in [-0.05, 0) is 53.4 Å². The molecule has 0 saturated heterocycles. The van der Waals surface area contributed by atoms with Gasteiger partial charge in [-0.15, -0.1) is 0 Å². The molecule has 0 radical (unpaired) electrons. The first-order valence-electron chi connectivity index (χ1n) is 8.43. The highest BCUT2D eigenvalue weighted by atomic mass is 32.2. The SMILES string of the molecule is Nc1ncc2cc(-c3cc(NSCc4ccccc4)ccc3F)ccc2n1. The van der Waals surface area contributed by atoms with Crippen LogP contribution in [0.5, 0.6) is 0 Å². The Balaban J connectivity index is 1.56. The van der Waals surface area contributed by atoms with Crippen LogP contribution in [0.15, 0.2) is 72.9 Å². The summed E-state index contributed by atoms with van der Waals surface area (Å²) in [5.41, 5.74) is 9.72. The molecule has 6 heteroatoms. The van der Waals surface area contributed by atoms with Crippen LogP contribution in [0.3, 0.4) is 0 Å². The van der Waals surface area contributed by atoms with Crippen LogP contribution in [0.1, 0.15) is 5.56 Å². The van der Waals surface area contributed by atoms with Gasteiger partial charge in [0.1, 0.15) is 5.82 Å². The van der Waals surface area contributed by atoms with Crippen molar-refractivity contribution in [3.8, 4) is 11.1 Å². The molecule has 27 heavy (non-hydrogen) atoms. The lowest BCUT2D eigenvalue weighted by atomic mass is 10.0. The third-order valence-corrected chi connectivity index (χ3v) is 5.01. The summed E-state index contributed by atoms with van der Waals surface area (Å²) < 4.78 is 17.7. The second-order valence-corrected chi connectivity index (χ2v) is 6.85. The van der Waals surface area contributed by atoms with E-state index in [1.165, 1.54) is 11.6 Å². The van der Waals surface area contributed by atoms with Gasteiger partial charge < -0.3 is 10.5 Å². The minimum Gasteiger partial charge on any atom is -0.368 e. The van der Waals surface area contributed by atoms with Crippen molar-refractivity contribution in [3.05, 3.63) is 84.3 Å². The number of nitrogens with one attached hydrogen (secondary N) is 1. The fourth-order valence-corrected chi connectivity index (χ4v) is 3.53. The van der Waals surface area contributed by atoms with Crippen LogP contribution < -0.4 is 10.5 Å². The molecule has 1 heterocycles. The van der Waals surface area contributed by atoms with E-state index in [2.05, 4.69) is 26.8 Å². The van der Waals surface area contributed by atoms with E-state index in [4.69, 9.17) is 5.73 Å². The van der Waals surface area contributed by atoms with E-state index in [9.17, 15) is 4.39 Å². The van der Waals surface area contributed by atoms with E-state index in [-0.39, 0.29) is 11.8 Å². The summed E-state index contributed by atoms with van der Waals surface area (Å²) in [7, 11) is 0. The topological polar surface area (TPSA) is 63.8 Å². The zero-order chi connectivity index (χ0) is 18.6. The molecule has 3 aromatic carbocycles. The molecule has 0 bridgehead atoms. The molecule has 4 nitrogen and oxygen atoms in total. The van der Waals surface area contributed by atoms with Gasteiger partial charge in [-0.2, -0.15) is 0 Å². The molecule has 0 unspecified atom stereocenters. The zero-order valence-corrected chi connectivity index (χ0v) is 15.2. The van der Waals surface area contributed by atoms with E-state index in [1.807, 2.05) is 42.5 Å². The number of fused-ring (bicyclic) bond motifs is 1. The number of nitrogens with two attached hydrogens (primary N) is 1. The number of hydrogen-bond acceptors (Lipinski definition) is 5. The summed E-state index contributed by atoms with van der Waals surface area (Å²) in [6.45, 7) is 0. The van der Waals surface area contributed by atoms with Gasteiger partial charge in [0, 0.05) is 28.6 Å². The van der Waals surface area contributed by atoms with E-state index < -0.39 is 0 Å². The maximum atomic E-state index is 14.4. The molecular formula is C21H17FN4S. The standard InChI is InChI=1S/C21H17FN4S/c22-19-8-7-17(26-27-13-14-4-2-1-3-5-14)11-18(19)15-6-9-20-16(10-15)12-24-21(23)25-20/h1-12,26H,13H2,(H2,23,24,25). The molecule has 134 valence electrons. The lowest BCUT2D eigenvalue weighted by Crippen LogP contribution is -1.95. The average molecular weight is 376 g/mol. The van der Waals surface area contributed by atoms with E-state index in [0.717, 1.165) is 27.9 Å². The Morgan fingerprint density at radius 1 is 1.00 bits per heavy atom. The molecule has 0 fully saturated rings. The minimum absolute atomic E-state index is 0.225. The number of hydrogen-bond donors (Lipinski definition) is 2. The zero-order valence-electron chi connectivity index (χ0n) is 14.4. The maximum Gasteiger partial charge on any atom is 0.220 e. The first-order chi connectivity index (χ1) is 13.2. The fraction of sp³-hybridized carbons (Fsp3) is 0.0476. The van der Waals surface area contributed by atoms with Crippen LogP contribution in [0, 0.1) is 5.82 Å². The minimum atomic E-state index is -0.274. The van der Waals surface area contributed by atoms with Crippen molar-refractivity contribution in [3.63, 3.8) is 0 Å². The Morgan fingerprint density at radius 3 is 2.70 bits per heavy atom.